The number of rotatable bonds is 1. The number of hydrogen-bond acceptors (Lipinski definition) is 3. The smallest absolute Gasteiger partial charge is 0.215 e. The van der Waals surface area contributed by atoms with Crippen LogP contribution in [0.15, 0.2) is 0 Å². The topological polar surface area (TPSA) is 66.7 Å². The minimum Gasteiger partial charge on any atom is -0.324 e. The summed E-state index contributed by atoms with van der Waals surface area (Å²) in [6, 6.07) is 0. The molecule has 9 heavy (non-hydrogen) atoms. The third-order valence-corrected chi connectivity index (χ3v) is 1.00. The maximum Gasteiger partial charge on any atom is 0.215 e. The summed E-state index contributed by atoms with van der Waals surface area (Å²) in [7, 11) is 0. The molecular weight excluding hydrogens is 116 g/mol. The van der Waals surface area contributed by atoms with Gasteiger partial charge in [-0.1, -0.05) is 13.2 Å². The Bertz CT molecular complexity index is 259. The Labute approximate surface area is 52.1 Å². The number of H-pyrrole nitrogens is 1. The normalized spacial score (nSPS) is 9.44. The Morgan fingerprint density at radius 3 is 2.44 bits per heavy atom. The standard InChI is InChI=1S/C5H8N4/c1-3-4(2)8-5(7-3)9-6/h1-2,6H2,(H2,7,8,9). The largest absolute Gasteiger partial charge is 0.324 e. The average molecular weight is 124 g/mol. The molecule has 0 aliphatic heterocycles. The van der Waals surface area contributed by atoms with Crippen LogP contribution in [0.3, 0.4) is 0 Å². The SMILES string of the molecule is C=c1nc(NN)[nH]c1=C. The van der Waals surface area contributed by atoms with E-state index in [9.17, 15) is 0 Å². The van der Waals surface area contributed by atoms with Crippen LogP contribution in [0.25, 0.3) is 13.2 Å². The van der Waals surface area contributed by atoms with Crippen LogP contribution in [0.2, 0.25) is 0 Å². The molecule has 0 saturated heterocycles. The van der Waals surface area contributed by atoms with E-state index in [2.05, 4.69) is 28.6 Å². The molecule has 0 fully saturated rings. The molecular formula is C5H8N4. The first-order valence-corrected chi connectivity index (χ1v) is 2.44. The third-order valence-electron chi connectivity index (χ3n) is 1.00. The minimum atomic E-state index is 0.491. The highest BCUT2D eigenvalue weighted by Gasteiger charge is 1.88. The average Bonchev–Trinajstić information content (AvgIpc) is 2.13. The predicted molar refractivity (Wildman–Crippen MR) is 36.7 cm³/mol. The zero-order valence-electron chi connectivity index (χ0n) is 4.94. The fourth-order valence-electron chi connectivity index (χ4n) is 0.514. The minimum absolute atomic E-state index is 0.491. The Balaban J connectivity index is 3.29. The number of hydrogen-bond donors (Lipinski definition) is 3. The molecule has 0 bridgehead atoms. The van der Waals surface area contributed by atoms with Gasteiger partial charge in [-0.05, 0) is 0 Å². The number of nitrogens with zero attached hydrogens (tertiary/aromatic N) is 1. The highest BCUT2D eigenvalue weighted by Crippen LogP contribution is 1.79. The second-order valence-electron chi connectivity index (χ2n) is 1.65. The molecule has 0 unspecified atom stereocenters. The van der Waals surface area contributed by atoms with E-state index in [1.54, 1.807) is 0 Å². The summed E-state index contributed by atoms with van der Waals surface area (Å²) >= 11 is 0. The van der Waals surface area contributed by atoms with Gasteiger partial charge in [0, 0.05) is 0 Å². The summed E-state index contributed by atoms with van der Waals surface area (Å²) in [4.78, 5) is 6.64. The van der Waals surface area contributed by atoms with Crippen molar-refractivity contribution >= 4 is 19.1 Å². The summed E-state index contributed by atoms with van der Waals surface area (Å²) < 4.78 is 0. The molecule has 0 spiro atoms. The molecule has 1 aromatic heterocycles. The van der Waals surface area contributed by atoms with Gasteiger partial charge in [-0.2, -0.15) is 0 Å². The lowest BCUT2D eigenvalue weighted by Crippen LogP contribution is -2.19. The lowest BCUT2D eigenvalue weighted by Gasteiger charge is -1.86. The molecule has 48 valence electrons. The van der Waals surface area contributed by atoms with Crippen LogP contribution in [0.5, 0.6) is 0 Å². The van der Waals surface area contributed by atoms with E-state index in [0.717, 1.165) is 0 Å². The first kappa shape index (κ1) is 5.84. The molecule has 1 rings (SSSR count). The van der Waals surface area contributed by atoms with Crippen molar-refractivity contribution in [2.75, 3.05) is 5.43 Å². The number of hydrazine groups is 1. The van der Waals surface area contributed by atoms with Gasteiger partial charge in [0.25, 0.3) is 0 Å². The first-order chi connectivity index (χ1) is 4.24. The van der Waals surface area contributed by atoms with Gasteiger partial charge >= 0.3 is 0 Å². The van der Waals surface area contributed by atoms with Crippen molar-refractivity contribution in [2.24, 2.45) is 5.84 Å². The number of nitrogen functional groups attached to an aromatic ring is 1. The van der Waals surface area contributed by atoms with Crippen LogP contribution in [0, 0.1) is 0 Å². The van der Waals surface area contributed by atoms with Crippen LogP contribution < -0.4 is 22.0 Å². The number of aromatic nitrogens is 2. The van der Waals surface area contributed by atoms with E-state index in [-0.39, 0.29) is 0 Å². The number of aromatic amines is 1. The molecule has 1 aromatic rings. The van der Waals surface area contributed by atoms with Crippen LogP contribution in [-0.2, 0) is 0 Å². The lowest BCUT2D eigenvalue weighted by molar-refractivity contribution is 1.19. The molecule has 0 aromatic carbocycles. The van der Waals surface area contributed by atoms with E-state index < -0.39 is 0 Å². The van der Waals surface area contributed by atoms with Crippen LogP contribution in [-0.4, -0.2) is 9.97 Å². The second-order valence-corrected chi connectivity index (χ2v) is 1.65. The van der Waals surface area contributed by atoms with Crippen molar-refractivity contribution in [1.82, 2.24) is 9.97 Å². The summed E-state index contributed by atoms with van der Waals surface area (Å²) in [5, 5.41) is 1.30. The van der Waals surface area contributed by atoms with Crippen molar-refractivity contribution < 1.29 is 0 Å². The van der Waals surface area contributed by atoms with Gasteiger partial charge in [0.2, 0.25) is 5.95 Å². The maximum absolute atomic E-state index is 5.03. The van der Waals surface area contributed by atoms with E-state index in [1.165, 1.54) is 0 Å². The van der Waals surface area contributed by atoms with E-state index in [0.29, 0.717) is 16.6 Å². The van der Waals surface area contributed by atoms with Crippen molar-refractivity contribution in [2.45, 2.75) is 0 Å². The second kappa shape index (κ2) is 1.91. The van der Waals surface area contributed by atoms with Gasteiger partial charge in [-0.3, -0.25) is 5.43 Å². The van der Waals surface area contributed by atoms with Crippen molar-refractivity contribution in [1.29, 1.82) is 0 Å². The summed E-state index contributed by atoms with van der Waals surface area (Å²) in [6.07, 6.45) is 0. The molecule has 0 amide bonds. The first-order valence-electron chi connectivity index (χ1n) is 2.44. The van der Waals surface area contributed by atoms with Crippen LogP contribution >= 0.6 is 0 Å². The van der Waals surface area contributed by atoms with Gasteiger partial charge in [-0.15, -0.1) is 0 Å². The van der Waals surface area contributed by atoms with Crippen LogP contribution in [0.1, 0.15) is 0 Å². The number of anilines is 1. The van der Waals surface area contributed by atoms with Gasteiger partial charge < -0.3 is 4.98 Å². The quantitative estimate of drug-likeness (QED) is 0.316. The highest BCUT2D eigenvalue weighted by molar-refractivity contribution is 5.23. The van der Waals surface area contributed by atoms with E-state index >= 15 is 0 Å². The number of nitrogens with one attached hydrogen (secondary N) is 2. The molecule has 4 heteroatoms. The molecule has 0 radical (unpaired) electrons. The monoisotopic (exact) mass is 124 g/mol. The molecule has 0 aliphatic carbocycles. The Morgan fingerprint density at radius 1 is 1.56 bits per heavy atom. The molecule has 0 atom stereocenters. The Kier molecular flexibility index (Phi) is 1.24. The zero-order chi connectivity index (χ0) is 6.85. The summed E-state index contributed by atoms with van der Waals surface area (Å²) in [5.41, 5.74) is 2.34. The molecule has 1 heterocycles. The fraction of sp³-hybridized carbons (Fsp3) is 0. The number of nitrogens with two attached hydrogens (primary N) is 1. The lowest BCUT2D eigenvalue weighted by atomic mass is 10.6. The van der Waals surface area contributed by atoms with Gasteiger partial charge in [-0.25, -0.2) is 10.8 Å². The van der Waals surface area contributed by atoms with Crippen molar-refractivity contribution in [3.63, 3.8) is 0 Å². The molecule has 0 aliphatic rings. The zero-order valence-corrected chi connectivity index (χ0v) is 4.94. The van der Waals surface area contributed by atoms with Crippen molar-refractivity contribution in [3.05, 3.63) is 10.7 Å². The Morgan fingerprint density at radius 2 is 2.22 bits per heavy atom. The molecule has 4 N–H and O–H groups in total. The summed E-state index contributed by atoms with van der Waals surface area (Å²) in [5.74, 6) is 5.52. The molecule has 4 nitrogen and oxygen atoms in total. The van der Waals surface area contributed by atoms with Gasteiger partial charge in [0.1, 0.15) is 0 Å². The van der Waals surface area contributed by atoms with Gasteiger partial charge in [0.15, 0.2) is 0 Å². The van der Waals surface area contributed by atoms with E-state index in [4.69, 9.17) is 5.84 Å². The van der Waals surface area contributed by atoms with E-state index in [1.807, 2.05) is 0 Å². The predicted octanol–water partition coefficient (Wildman–Crippen LogP) is -1.48. The molecule has 0 saturated carbocycles. The summed E-state index contributed by atoms with van der Waals surface area (Å²) in [6.45, 7) is 7.20. The maximum atomic E-state index is 5.03. The third kappa shape index (κ3) is 0.921. The Hall–Kier alpha value is -1.29. The van der Waals surface area contributed by atoms with Crippen molar-refractivity contribution in [3.8, 4) is 0 Å². The highest BCUT2D eigenvalue weighted by atomic mass is 15.3. The van der Waals surface area contributed by atoms with Crippen LogP contribution in [0.4, 0.5) is 5.95 Å². The van der Waals surface area contributed by atoms with Gasteiger partial charge in [0.05, 0.1) is 10.7 Å². The number of imidazole rings is 1. The fourth-order valence-corrected chi connectivity index (χ4v) is 0.514.